The van der Waals surface area contributed by atoms with Gasteiger partial charge in [0.2, 0.25) is 5.91 Å². The average Bonchev–Trinajstić information content (AvgIpc) is 2.98. The van der Waals surface area contributed by atoms with Gasteiger partial charge in [0.1, 0.15) is 5.82 Å². The molecule has 0 saturated carbocycles. The second-order valence-corrected chi connectivity index (χ2v) is 5.37. The van der Waals surface area contributed by atoms with Gasteiger partial charge < -0.3 is 10.1 Å². The Hall–Kier alpha value is -1.46. The Morgan fingerprint density at radius 2 is 2.38 bits per heavy atom. The van der Waals surface area contributed by atoms with Crippen LogP contribution >= 0.6 is 0 Å². The van der Waals surface area contributed by atoms with Gasteiger partial charge in [-0.15, -0.1) is 0 Å². The fourth-order valence-electron chi connectivity index (χ4n) is 2.47. The minimum absolute atomic E-state index is 0.0104. The highest BCUT2D eigenvalue weighted by atomic mass is 19.1. The largest absolute Gasteiger partial charge is 0.376 e. The molecule has 1 N–H and O–H groups in total. The second kappa shape index (κ2) is 8.10. The van der Waals surface area contributed by atoms with Crippen LogP contribution in [0.2, 0.25) is 0 Å². The first-order chi connectivity index (χ1) is 10.2. The minimum Gasteiger partial charge on any atom is -0.376 e. The lowest BCUT2D eigenvalue weighted by Gasteiger charge is -2.20. The fraction of sp³-hybridized carbons (Fsp3) is 0.562. The van der Waals surface area contributed by atoms with Crippen LogP contribution in [0.1, 0.15) is 25.3 Å². The quantitative estimate of drug-likeness (QED) is 0.835. The van der Waals surface area contributed by atoms with E-state index in [1.165, 1.54) is 12.1 Å². The van der Waals surface area contributed by atoms with Crippen molar-refractivity contribution in [2.45, 2.75) is 32.4 Å². The summed E-state index contributed by atoms with van der Waals surface area (Å²) in [5.74, 6) is -0.255. The van der Waals surface area contributed by atoms with E-state index in [-0.39, 0.29) is 17.8 Å². The third-order valence-corrected chi connectivity index (χ3v) is 3.66. The van der Waals surface area contributed by atoms with Crippen LogP contribution in [-0.2, 0) is 16.1 Å². The third-order valence-electron chi connectivity index (χ3n) is 3.66. The van der Waals surface area contributed by atoms with Crippen LogP contribution in [-0.4, -0.2) is 43.2 Å². The molecule has 2 rings (SSSR count). The standard InChI is InChI=1S/C16H23FN2O2/c1-2-19(11-13-5-3-6-14(17)9-13)12-16(20)18-10-15-7-4-8-21-15/h3,5-6,9,15H,2,4,7-8,10-12H2,1H3,(H,18,20). The van der Waals surface area contributed by atoms with Crippen LogP contribution in [0.3, 0.4) is 0 Å². The summed E-state index contributed by atoms with van der Waals surface area (Å²) in [6.45, 7) is 5.00. The van der Waals surface area contributed by atoms with Gasteiger partial charge in [-0.25, -0.2) is 4.39 Å². The average molecular weight is 294 g/mol. The summed E-state index contributed by atoms with van der Waals surface area (Å²) in [5.41, 5.74) is 0.878. The number of halogens is 1. The predicted octanol–water partition coefficient (Wildman–Crippen LogP) is 1.94. The molecule has 1 fully saturated rings. The highest BCUT2D eigenvalue weighted by Crippen LogP contribution is 2.10. The molecule has 4 nitrogen and oxygen atoms in total. The molecular formula is C16H23FN2O2. The van der Waals surface area contributed by atoms with Gasteiger partial charge in [0.15, 0.2) is 0 Å². The Kier molecular flexibility index (Phi) is 6.14. The highest BCUT2D eigenvalue weighted by molar-refractivity contribution is 5.78. The number of ether oxygens (including phenoxy) is 1. The Balaban J connectivity index is 1.76. The number of likely N-dealkylation sites (N-methyl/N-ethyl adjacent to an activating group) is 1. The molecule has 1 saturated heterocycles. The molecule has 1 atom stereocenters. The first kappa shape index (κ1) is 15.9. The molecule has 5 heteroatoms. The number of amides is 1. The maximum atomic E-state index is 13.2. The number of nitrogens with zero attached hydrogens (tertiary/aromatic N) is 1. The van der Waals surface area contributed by atoms with Gasteiger partial charge in [0.05, 0.1) is 12.6 Å². The van der Waals surface area contributed by atoms with Gasteiger partial charge in [0, 0.05) is 19.7 Å². The molecule has 1 amide bonds. The Bertz CT molecular complexity index is 461. The lowest BCUT2D eigenvalue weighted by Crippen LogP contribution is -2.39. The van der Waals surface area contributed by atoms with Crippen molar-refractivity contribution in [1.29, 1.82) is 0 Å². The van der Waals surface area contributed by atoms with Gasteiger partial charge in [-0.1, -0.05) is 19.1 Å². The molecule has 1 aliphatic heterocycles. The summed E-state index contributed by atoms with van der Waals surface area (Å²) in [6, 6.07) is 6.49. The number of hydrogen-bond donors (Lipinski definition) is 1. The van der Waals surface area contributed by atoms with Crippen LogP contribution in [0, 0.1) is 5.82 Å². The van der Waals surface area contributed by atoms with Gasteiger partial charge in [-0.2, -0.15) is 0 Å². The lowest BCUT2D eigenvalue weighted by atomic mass is 10.2. The van der Waals surface area contributed by atoms with Gasteiger partial charge >= 0.3 is 0 Å². The lowest BCUT2D eigenvalue weighted by molar-refractivity contribution is -0.122. The summed E-state index contributed by atoms with van der Waals surface area (Å²) >= 11 is 0. The van der Waals surface area contributed by atoms with Crippen molar-refractivity contribution in [2.75, 3.05) is 26.2 Å². The number of benzene rings is 1. The smallest absolute Gasteiger partial charge is 0.234 e. The van der Waals surface area contributed by atoms with Crippen LogP contribution in [0.5, 0.6) is 0 Å². The Morgan fingerprint density at radius 3 is 3.05 bits per heavy atom. The van der Waals surface area contributed by atoms with Crippen molar-refractivity contribution in [3.63, 3.8) is 0 Å². The van der Waals surface area contributed by atoms with Crippen LogP contribution < -0.4 is 5.32 Å². The molecule has 1 aromatic carbocycles. The third kappa shape index (κ3) is 5.44. The van der Waals surface area contributed by atoms with Crippen molar-refractivity contribution >= 4 is 5.91 Å². The van der Waals surface area contributed by atoms with Crippen LogP contribution in [0.25, 0.3) is 0 Å². The van der Waals surface area contributed by atoms with E-state index >= 15 is 0 Å². The van der Waals surface area contributed by atoms with E-state index < -0.39 is 0 Å². The molecule has 1 heterocycles. The topological polar surface area (TPSA) is 41.6 Å². The summed E-state index contributed by atoms with van der Waals surface area (Å²) < 4.78 is 18.6. The van der Waals surface area contributed by atoms with E-state index in [1.807, 2.05) is 17.9 Å². The molecule has 0 aromatic heterocycles. The van der Waals surface area contributed by atoms with Crippen molar-refractivity contribution < 1.29 is 13.9 Å². The zero-order valence-corrected chi connectivity index (χ0v) is 12.5. The molecule has 1 aromatic rings. The van der Waals surface area contributed by atoms with E-state index in [4.69, 9.17) is 4.74 Å². The van der Waals surface area contributed by atoms with E-state index in [2.05, 4.69) is 5.32 Å². The minimum atomic E-state index is -0.244. The van der Waals surface area contributed by atoms with Gasteiger partial charge in [-0.3, -0.25) is 9.69 Å². The van der Waals surface area contributed by atoms with Crippen molar-refractivity contribution in [3.8, 4) is 0 Å². The van der Waals surface area contributed by atoms with Crippen molar-refractivity contribution in [2.24, 2.45) is 0 Å². The van der Waals surface area contributed by atoms with Crippen molar-refractivity contribution in [3.05, 3.63) is 35.6 Å². The summed E-state index contributed by atoms with van der Waals surface area (Å²) in [4.78, 5) is 13.9. The van der Waals surface area contributed by atoms with Crippen LogP contribution in [0.4, 0.5) is 4.39 Å². The molecule has 0 bridgehead atoms. The zero-order chi connectivity index (χ0) is 15.1. The second-order valence-electron chi connectivity index (χ2n) is 5.37. The first-order valence-electron chi connectivity index (χ1n) is 7.52. The number of carbonyl (C=O) groups is 1. The first-order valence-corrected chi connectivity index (χ1v) is 7.52. The molecule has 0 aliphatic carbocycles. The molecule has 21 heavy (non-hydrogen) atoms. The number of rotatable bonds is 7. The molecule has 1 aliphatic rings. The van der Waals surface area contributed by atoms with Gasteiger partial charge in [-0.05, 0) is 37.1 Å². The number of hydrogen-bond acceptors (Lipinski definition) is 3. The molecule has 116 valence electrons. The molecule has 0 radical (unpaired) electrons. The van der Waals surface area contributed by atoms with E-state index in [0.717, 1.165) is 31.6 Å². The normalized spacial score (nSPS) is 18.1. The number of nitrogens with one attached hydrogen (secondary N) is 1. The van der Waals surface area contributed by atoms with Gasteiger partial charge in [0.25, 0.3) is 0 Å². The van der Waals surface area contributed by atoms with E-state index in [0.29, 0.717) is 19.6 Å². The summed E-state index contributed by atoms with van der Waals surface area (Å²) in [7, 11) is 0. The predicted molar refractivity (Wildman–Crippen MR) is 79.3 cm³/mol. The Morgan fingerprint density at radius 1 is 1.52 bits per heavy atom. The SMILES string of the molecule is CCN(CC(=O)NCC1CCCO1)Cc1cccc(F)c1. The maximum Gasteiger partial charge on any atom is 0.234 e. The van der Waals surface area contributed by atoms with E-state index in [1.54, 1.807) is 6.07 Å². The molecule has 1 unspecified atom stereocenters. The summed E-state index contributed by atoms with van der Waals surface area (Å²) in [5, 5.41) is 2.91. The van der Waals surface area contributed by atoms with Crippen LogP contribution in [0.15, 0.2) is 24.3 Å². The molecular weight excluding hydrogens is 271 g/mol. The maximum absolute atomic E-state index is 13.2. The monoisotopic (exact) mass is 294 g/mol. The molecule has 0 spiro atoms. The van der Waals surface area contributed by atoms with Crippen molar-refractivity contribution in [1.82, 2.24) is 10.2 Å². The highest BCUT2D eigenvalue weighted by Gasteiger charge is 2.17. The fourth-order valence-corrected chi connectivity index (χ4v) is 2.47. The number of carbonyl (C=O) groups excluding carboxylic acids is 1. The summed E-state index contributed by atoms with van der Waals surface area (Å²) in [6.07, 6.45) is 2.25. The zero-order valence-electron chi connectivity index (χ0n) is 12.5. The Labute approximate surface area is 125 Å². The van der Waals surface area contributed by atoms with E-state index in [9.17, 15) is 9.18 Å².